The van der Waals surface area contributed by atoms with E-state index in [1.807, 2.05) is 13.0 Å². The third kappa shape index (κ3) is 3.42. The van der Waals surface area contributed by atoms with Gasteiger partial charge in [0, 0.05) is 11.6 Å². The molecule has 2 aromatic carbocycles. The van der Waals surface area contributed by atoms with E-state index in [-0.39, 0.29) is 23.3 Å². The number of fused-ring (bicyclic) bond motifs is 1. The van der Waals surface area contributed by atoms with E-state index in [0.29, 0.717) is 29.2 Å². The molecule has 0 bridgehead atoms. The predicted molar refractivity (Wildman–Crippen MR) is 98.7 cm³/mol. The van der Waals surface area contributed by atoms with Crippen LogP contribution < -0.4 is 24.7 Å². The zero-order valence-corrected chi connectivity index (χ0v) is 15.7. The van der Waals surface area contributed by atoms with E-state index < -0.39 is 10.0 Å². The number of aryl methyl sites for hydroxylation is 1. The van der Waals surface area contributed by atoms with Crippen molar-refractivity contribution in [1.82, 2.24) is 0 Å². The highest BCUT2D eigenvalue weighted by Gasteiger charge is 2.29. The number of nitrogens with one attached hydrogen (secondary N) is 1. The van der Waals surface area contributed by atoms with E-state index in [9.17, 15) is 8.42 Å². The van der Waals surface area contributed by atoms with E-state index >= 15 is 0 Å². The largest absolute Gasteiger partial charge is 0.496 e. The number of sulfonamides is 1. The van der Waals surface area contributed by atoms with Crippen LogP contribution in [0.2, 0.25) is 0 Å². The molecule has 1 aliphatic heterocycles. The quantitative estimate of drug-likeness (QED) is 0.826. The monoisotopic (exact) mass is 378 g/mol. The second-order valence-corrected chi connectivity index (χ2v) is 7.81. The van der Waals surface area contributed by atoms with Crippen LogP contribution in [-0.4, -0.2) is 35.3 Å². The maximum Gasteiger partial charge on any atom is 0.265 e. The molecule has 3 N–H and O–H groups in total. The van der Waals surface area contributed by atoms with Crippen LogP contribution in [0.5, 0.6) is 17.2 Å². The van der Waals surface area contributed by atoms with Crippen molar-refractivity contribution >= 4 is 15.7 Å². The van der Waals surface area contributed by atoms with Crippen molar-refractivity contribution in [3.8, 4) is 17.2 Å². The molecule has 3 rings (SSSR count). The van der Waals surface area contributed by atoms with Crippen LogP contribution >= 0.6 is 0 Å². The van der Waals surface area contributed by atoms with Gasteiger partial charge in [-0.3, -0.25) is 4.72 Å². The zero-order valence-electron chi connectivity index (χ0n) is 14.9. The first-order valence-corrected chi connectivity index (χ1v) is 9.59. The van der Waals surface area contributed by atoms with Crippen molar-refractivity contribution < 1.29 is 22.6 Å². The molecule has 0 radical (unpaired) electrons. The maximum atomic E-state index is 13.0. The molecule has 0 saturated heterocycles. The van der Waals surface area contributed by atoms with Gasteiger partial charge in [-0.15, -0.1) is 0 Å². The summed E-state index contributed by atoms with van der Waals surface area (Å²) in [5, 5.41) is 0. The highest BCUT2D eigenvalue weighted by Crippen LogP contribution is 2.39. The molecule has 7 nitrogen and oxygen atoms in total. The lowest BCUT2D eigenvalue weighted by atomic mass is 10.0. The summed E-state index contributed by atoms with van der Waals surface area (Å²) >= 11 is 0. The van der Waals surface area contributed by atoms with Gasteiger partial charge in [0.15, 0.2) is 0 Å². The zero-order chi connectivity index (χ0) is 18.9. The van der Waals surface area contributed by atoms with Crippen LogP contribution in [0.4, 0.5) is 5.69 Å². The molecule has 2 aromatic rings. The minimum absolute atomic E-state index is 0.0451. The average molecular weight is 378 g/mol. The van der Waals surface area contributed by atoms with Crippen molar-refractivity contribution in [1.29, 1.82) is 0 Å². The second kappa shape index (κ2) is 7.05. The molecule has 1 atom stereocenters. The van der Waals surface area contributed by atoms with Gasteiger partial charge in [0.2, 0.25) is 0 Å². The van der Waals surface area contributed by atoms with Gasteiger partial charge in [-0.05, 0) is 43.2 Å². The first-order chi connectivity index (χ1) is 12.4. The third-order valence-electron chi connectivity index (χ3n) is 4.20. The van der Waals surface area contributed by atoms with Crippen molar-refractivity contribution in [3.05, 3.63) is 41.5 Å². The Morgan fingerprint density at radius 3 is 2.54 bits per heavy atom. The molecule has 0 fully saturated rings. The van der Waals surface area contributed by atoms with Gasteiger partial charge in [0.05, 0.1) is 19.9 Å². The summed E-state index contributed by atoms with van der Waals surface area (Å²) in [5.74, 6) is 1.27. The minimum atomic E-state index is -3.90. The number of benzene rings is 2. The predicted octanol–water partition coefficient (Wildman–Crippen LogP) is 2.08. The summed E-state index contributed by atoms with van der Waals surface area (Å²) < 4.78 is 44.9. The summed E-state index contributed by atoms with van der Waals surface area (Å²) in [5.41, 5.74) is 7.88. The fourth-order valence-corrected chi connectivity index (χ4v) is 4.19. The van der Waals surface area contributed by atoms with E-state index in [0.717, 1.165) is 5.56 Å². The van der Waals surface area contributed by atoms with E-state index in [1.54, 1.807) is 18.2 Å². The van der Waals surface area contributed by atoms with E-state index in [1.165, 1.54) is 20.3 Å². The average Bonchev–Trinajstić information content (AvgIpc) is 2.60. The summed E-state index contributed by atoms with van der Waals surface area (Å²) in [4.78, 5) is 0.0451. The smallest absolute Gasteiger partial charge is 0.265 e. The molecular formula is C18H22N2O5S. The van der Waals surface area contributed by atoms with Crippen LogP contribution in [-0.2, 0) is 16.4 Å². The summed E-state index contributed by atoms with van der Waals surface area (Å²) in [6.45, 7) is 2.12. The summed E-state index contributed by atoms with van der Waals surface area (Å²) in [7, 11) is -0.882. The van der Waals surface area contributed by atoms with Gasteiger partial charge in [0.25, 0.3) is 10.0 Å². The molecule has 0 spiro atoms. The Bertz CT molecular complexity index is 927. The molecule has 0 unspecified atom stereocenters. The molecule has 0 aliphatic carbocycles. The van der Waals surface area contributed by atoms with Crippen molar-refractivity contribution in [2.75, 3.05) is 25.5 Å². The topological polar surface area (TPSA) is 99.9 Å². The Hall–Kier alpha value is -2.45. The number of nitrogens with two attached hydrogens (primary N) is 1. The molecule has 1 heterocycles. The number of methoxy groups -OCH3 is 2. The van der Waals surface area contributed by atoms with Crippen molar-refractivity contribution in [2.24, 2.45) is 5.73 Å². The molecule has 0 aromatic heterocycles. The number of hydrogen-bond acceptors (Lipinski definition) is 6. The number of ether oxygens (including phenoxy) is 3. The van der Waals surface area contributed by atoms with Crippen LogP contribution in [0.15, 0.2) is 35.2 Å². The van der Waals surface area contributed by atoms with Gasteiger partial charge in [0.1, 0.15) is 28.8 Å². The van der Waals surface area contributed by atoms with Crippen LogP contribution in [0.3, 0.4) is 0 Å². The first kappa shape index (κ1) is 18.3. The highest BCUT2D eigenvalue weighted by molar-refractivity contribution is 7.92. The Kier molecular flexibility index (Phi) is 4.97. The molecule has 0 amide bonds. The van der Waals surface area contributed by atoms with E-state index in [2.05, 4.69) is 4.72 Å². The lowest BCUT2D eigenvalue weighted by molar-refractivity contribution is 0.251. The second-order valence-electron chi connectivity index (χ2n) is 6.16. The Labute approximate surface area is 153 Å². The van der Waals surface area contributed by atoms with Gasteiger partial charge in [-0.25, -0.2) is 8.42 Å². The summed E-state index contributed by atoms with van der Waals surface area (Å²) in [6, 6.07) is 8.15. The molecule has 26 heavy (non-hydrogen) atoms. The first-order valence-electron chi connectivity index (χ1n) is 8.11. The lowest BCUT2D eigenvalue weighted by Gasteiger charge is -2.26. The molecule has 0 saturated carbocycles. The minimum Gasteiger partial charge on any atom is -0.496 e. The Morgan fingerprint density at radius 1 is 1.15 bits per heavy atom. The number of anilines is 1. The van der Waals surface area contributed by atoms with E-state index in [4.69, 9.17) is 19.9 Å². The molecule has 8 heteroatoms. The van der Waals surface area contributed by atoms with Gasteiger partial charge < -0.3 is 19.9 Å². The van der Waals surface area contributed by atoms with Gasteiger partial charge in [-0.2, -0.15) is 0 Å². The van der Waals surface area contributed by atoms with Crippen LogP contribution in [0.25, 0.3) is 0 Å². The summed E-state index contributed by atoms with van der Waals surface area (Å²) in [6.07, 6.45) is 0.482. The van der Waals surface area contributed by atoms with Crippen LogP contribution in [0, 0.1) is 6.92 Å². The fourth-order valence-electron chi connectivity index (χ4n) is 2.96. The van der Waals surface area contributed by atoms with Crippen molar-refractivity contribution in [2.45, 2.75) is 24.3 Å². The maximum absolute atomic E-state index is 13.0. The van der Waals surface area contributed by atoms with Crippen LogP contribution in [0.1, 0.15) is 11.1 Å². The highest BCUT2D eigenvalue weighted by atomic mass is 32.2. The fraction of sp³-hybridized carbons (Fsp3) is 0.333. The normalized spacial score (nSPS) is 16.4. The molecular weight excluding hydrogens is 356 g/mol. The number of rotatable bonds is 5. The van der Waals surface area contributed by atoms with Gasteiger partial charge in [-0.1, -0.05) is 6.07 Å². The number of hydrogen-bond donors (Lipinski definition) is 2. The third-order valence-corrected chi connectivity index (χ3v) is 5.59. The van der Waals surface area contributed by atoms with Gasteiger partial charge >= 0.3 is 0 Å². The lowest BCUT2D eigenvalue weighted by Crippen LogP contribution is -2.34. The Morgan fingerprint density at radius 2 is 1.85 bits per heavy atom. The SMILES string of the molecule is COc1ccc(C)cc1NS(=O)(=O)c1ccc(OC)c2c1OC[C@H](N)C2. The molecule has 1 aliphatic rings. The standard InChI is InChI=1S/C18H22N2O5S/c1-11-4-5-16(24-3)14(8-11)20-26(21,22)17-7-6-15(23-2)13-9-12(19)10-25-18(13)17/h4-8,12,20H,9-10,19H2,1-3H3/t12-/m1/s1. The van der Waals surface area contributed by atoms with Crippen molar-refractivity contribution in [3.63, 3.8) is 0 Å². The molecule has 140 valence electrons. The Balaban J connectivity index is 2.06.